The van der Waals surface area contributed by atoms with Gasteiger partial charge in [-0.1, -0.05) is 0 Å². The molecule has 5 aromatic rings. The molecule has 0 saturated carbocycles. The molecule has 4 nitrogen and oxygen atoms in total. The standard InChI is InChI=1S/C33H27O4P/c1-26(34)36-31-24-14-15-25-32(31)38(28-18-8-3-9-19-28,29-20-10-4-11-21-29,30-22-12-5-13-23-30)37-33(35)27-16-6-2-7-17-27/h2-25H,1H3. The van der Waals surface area contributed by atoms with E-state index in [1.54, 1.807) is 18.2 Å². The van der Waals surface area contributed by atoms with Gasteiger partial charge in [0.25, 0.3) is 0 Å². The molecule has 5 aromatic carbocycles. The Morgan fingerprint density at radius 1 is 0.526 bits per heavy atom. The zero-order chi connectivity index (χ0) is 26.5. The number of benzene rings is 5. The average Bonchev–Trinajstić information content (AvgIpc) is 2.98. The number of hydrogen-bond donors (Lipinski definition) is 0. The van der Waals surface area contributed by atoms with E-state index >= 15 is 0 Å². The molecule has 5 heteroatoms. The normalized spacial score (nSPS) is 12.1. The van der Waals surface area contributed by atoms with Crippen molar-refractivity contribution in [2.45, 2.75) is 6.92 Å². The number of hydrogen-bond acceptors (Lipinski definition) is 4. The van der Waals surface area contributed by atoms with Crippen LogP contribution in [0, 0.1) is 0 Å². The Labute approximate surface area is 222 Å². The van der Waals surface area contributed by atoms with Crippen LogP contribution in [0.3, 0.4) is 0 Å². The number of rotatable bonds is 7. The third-order valence-corrected chi connectivity index (χ3v) is 12.3. The molecule has 0 aliphatic heterocycles. The molecule has 0 atom stereocenters. The van der Waals surface area contributed by atoms with Crippen LogP contribution in [0.4, 0.5) is 0 Å². The van der Waals surface area contributed by atoms with Crippen LogP contribution in [0.25, 0.3) is 0 Å². The Hall–Kier alpha value is -4.53. The van der Waals surface area contributed by atoms with Crippen molar-refractivity contribution in [1.29, 1.82) is 0 Å². The molecule has 0 aliphatic rings. The molecule has 0 heterocycles. The molecule has 0 unspecified atom stereocenters. The summed E-state index contributed by atoms with van der Waals surface area (Å²) in [4.78, 5) is 26.5. The Morgan fingerprint density at radius 3 is 1.37 bits per heavy atom. The molecule has 0 amide bonds. The molecule has 0 aliphatic carbocycles. The topological polar surface area (TPSA) is 52.6 Å². The minimum absolute atomic E-state index is 0.343. The van der Waals surface area contributed by atoms with Crippen LogP contribution in [-0.2, 0) is 9.32 Å². The number of carbonyl (C=O) groups is 2. The second-order valence-electron chi connectivity index (χ2n) is 8.85. The van der Waals surface area contributed by atoms with Gasteiger partial charge in [0.15, 0.2) is 0 Å². The van der Waals surface area contributed by atoms with Gasteiger partial charge >= 0.3 is 223 Å². The predicted molar refractivity (Wildman–Crippen MR) is 154 cm³/mol. The zero-order valence-electron chi connectivity index (χ0n) is 20.9. The third kappa shape index (κ3) is 4.09. The Balaban J connectivity index is 2.03. The van der Waals surface area contributed by atoms with Crippen molar-refractivity contribution in [3.63, 3.8) is 0 Å². The number of carbonyl (C=O) groups excluding carboxylic acids is 2. The van der Waals surface area contributed by atoms with Crippen LogP contribution >= 0.6 is 6.83 Å². The van der Waals surface area contributed by atoms with E-state index in [9.17, 15) is 9.59 Å². The van der Waals surface area contributed by atoms with Gasteiger partial charge in [0.2, 0.25) is 0 Å². The van der Waals surface area contributed by atoms with Gasteiger partial charge in [0.1, 0.15) is 0 Å². The fourth-order valence-electron chi connectivity index (χ4n) is 5.05. The van der Waals surface area contributed by atoms with E-state index in [1.165, 1.54) is 6.92 Å². The summed E-state index contributed by atoms with van der Waals surface area (Å²) in [5, 5.41) is 3.04. The monoisotopic (exact) mass is 518 g/mol. The minimum atomic E-state index is -4.37. The van der Waals surface area contributed by atoms with Gasteiger partial charge in [0, 0.05) is 0 Å². The Bertz CT molecular complexity index is 1450. The van der Waals surface area contributed by atoms with Crippen LogP contribution in [0.5, 0.6) is 5.75 Å². The van der Waals surface area contributed by atoms with Crippen LogP contribution in [0.2, 0.25) is 0 Å². The fraction of sp³-hybridized carbons (Fsp3) is 0.0303. The SMILES string of the molecule is CC(=O)Oc1ccccc1P(OC(=O)c1ccccc1)(c1ccccc1)(c1ccccc1)c1ccccc1. The molecule has 38 heavy (non-hydrogen) atoms. The van der Waals surface area contributed by atoms with Crippen molar-refractivity contribution in [2.24, 2.45) is 0 Å². The van der Waals surface area contributed by atoms with Gasteiger partial charge in [-0.05, 0) is 0 Å². The Morgan fingerprint density at radius 2 is 0.921 bits per heavy atom. The van der Waals surface area contributed by atoms with Gasteiger partial charge in [-0.25, -0.2) is 0 Å². The summed E-state index contributed by atoms with van der Waals surface area (Å²) < 4.78 is 12.9. The zero-order valence-corrected chi connectivity index (χ0v) is 21.8. The summed E-state index contributed by atoms with van der Waals surface area (Å²) in [6.07, 6.45) is 0. The van der Waals surface area contributed by atoms with E-state index in [2.05, 4.69) is 0 Å². The molecular formula is C33H27O4P. The quantitative estimate of drug-likeness (QED) is 0.161. The summed E-state index contributed by atoms with van der Waals surface area (Å²) in [7, 11) is 0. The molecule has 0 saturated heterocycles. The van der Waals surface area contributed by atoms with Gasteiger partial charge in [-0.3, -0.25) is 0 Å². The van der Waals surface area contributed by atoms with E-state index in [4.69, 9.17) is 9.26 Å². The first-order valence-electron chi connectivity index (χ1n) is 12.3. The van der Waals surface area contributed by atoms with Crippen molar-refractivity contribution in [3.05, 3.63) is 151 Å². The first kappa shape index (κ1) is 25.1. The first-order valence-corrected chi connectivity index (χ1v) is 14.5. The Kier molecular flexibility index (Phi) is 6.91. The van der Waals surface area contributed by atoms with Gasteiger partial charge in [-0.15, -0.1) is 0 Å². The van der Waals surface area contributed by atoms with E-state index in [-0.39, 0.29) is 0 Å². The maximum absolute atomic E-state index is 14.2. The van der Waals surface area contributed by atoms with Crippen molar-refractivity contribution in [3.8, 4) is 5.75 Å². The van der Waals surface area contributed by atoms with E-state index in [0.717, 1.165) is 15.9 Å². The molecule has 5 rings (SSSR count). The predicted octanol–water partition coefficient (Wildman–Crippen LogP) is 5.54. The summed E-state index contributed by atoms with van der Waals surface area (Å²) >= 11 is 0. The molecule has 0 spiro atoms. The van der Waals surface area contributed by atoms with Gasteiger partial charge in [0.05, 0.1) is 0 Å². The van der Waals surface area contributed by atoms with Crippen molar-refractivity contribution < 1.29 is 18.8 Å². The van der Waals surface area contributed by atoms with E-state index in [1.807, 2.05) is 127 Å². The number of esters is 1. The second-order valence-corrected chi connectivity index (χ2v) is 13.1. The molecule has 0 N–H and O–H groups in total. The molecule has 188 valence electrons. The molecule has 0 aromatic heterocycles. The van der Waals surface area contributed by atoms with Crippen LogP contribution in [0.1, 0.15) is 17.3 Å². The number of ether oxygens (including phenoxy) is 1. The maximum atomic E-state index is 14.2. The van der Waals surface area contributed by atoms with E-state index in [0.29, 0.717) is 16.6 Å². The molecule has 0 fully saturated rings. The van der Waals surface area contributed by atoms with E-state index < -0.39 is 18.8 Å². The van der Waals surface area contributed by atoms with Crippen LogP contribution in [-0.4, -0.2) is 11.9 Å². The van der Waals surface area contributed by atoms with Crippen LogP contribution in [0.15, 0.2) is 146 Å². The van der Waals surface area contributed by atoms with Gasteiger partial charge in [-0.2, -0.15) is 0 Å². The number of para-hydroxylation sites is 1. The van der Waals surface area contributed by atoms with Crippen molar-refractivity contribution in [2.75, 3.05) is 0 Å². The molecular weight excluding hydrogens is 491 g/mol. The summed E-state index contributed by atoms with van der Waals surface area (Å²) in [5.41, 5.74) is 0.425. The fourth-order valence-corrected chi connectivity index (χ4v) is 10.8. The summed E-state index contributed by atoms with van der Waals surface area (Å²) in [5.74, 6) is -0.592. The summed E-state index contributed by atoms with van der Waals surface area (Å²) in [6, 6.07) is 45.7. The molecule has 0 bridgehead atoms. The third-order valence-electron chi connectivity index (χ3n) is 6.60. The second kappa shape index (κ2) is 10.5. The van der Waals surface area contributed by atoms with Gasteiger partial charge < -0.3 is 0 Å². The average molecular weight is 519 g/mol. The summed E-state index contributed by atoms with van der Waals surface area (Å²) in [6.45, 7) is -3.00. The first-order chi connectivity index (χ1) is 18.6. The molecule has 0 radical (unpaired) electrons. The van der Waals surface area contributed by atoms with Crippen LogP contribution < -0.4 is 26.0 Å². The van der Waals surface area contributed by atoms with Crippen molar-refractivity contribution in [1.82, 2.24) is 0 Å². The van der Waals surface area contributed by atoms with Crippen molar-refractivity contribution >= 4 is 40.0 Å².